The van der Waals surface area contributed by atoms with Gasteiger partial charge in [-0.05, 0) is 36.3 Å². The average molecular weight is 543 g/mol. The lowest BCUT2D eigenvalue weighted by Gasteiger charge is -2.25. The number of hydrogen-bond donors (Lipinski definition) is 0. The van der Waals surface area contributed by atoms with Gasteiger partial charge in [-0.25, -0.2) is 18.7 Å². The molecule has 0 fully saturated rings. The molecule has 5 rings (SSSR count). The average Bonchev–Trinajstić information content (AvgIpc) is 3.42. The fourth-order valence-electron chi connectivity index (χ4n) is 4.12. The molecule has 9 nitrogen and oxygen atoms in total. The predicted molar refractivity (Wildman–Crippen MR) is 146 cm³/mol. The monoisotopic (exact) mass is 542 g/mol. The summed E-state index contributed by atoms with van der Waals surface area (Å²) in [5.74, 6) is 4.18. The molecule has 0 atom stereocenters. The fourth-order valence-corrected chi connectivity index (χ4v) is 4.12. The van der Waals surface area contributed by atoms with Crippen molar-refractivity contribution in [2.75, 3.05) is 32.8 Å². The van der Waals surface area contributed by atoms with Crippen molar-refractivity contribution in [2.24, 2.45) is 7.05 Å². The standard InChI is InChI=1S/C29H24F2N6O3/c1-36-17-18(15-34-36)23-16-33-20-10-9-19(13-22(20)35-23)37(12-6-7-21-24(38-2)8-5-11-32-21)29-27(30)25(39-3)14-26(40-4)28(29)31/h5,8-11,13-17H,12H2,1-4H3. The van der Waals surface area contributed by atoms with E-state index in [2.05, 4.69) is 26.9 Å². The molecule has 0 aliphatic carbocycles. The van der Waals surface area contributed by atoms with Gasteiger partial charge in [-0.3, -0.25) is 9.67 Å². The number of hydrogen-bond acceptors (Lipinski definition) is 8. The highest BCUT2D eigenvalue weighted by Gasteiger charge is 2.26. The first-order valence-electron chi connectivity index (χ1n) is 12.0. The molecule has 0 saturated heterocycles. The Hall–Kier alpha value is -5.24. The second-order valence-corrected chi connectivity index (χ2v) is 8.53. The maximum absolute atomic E-state index is 15.7. The van der Waals surface area contributed by atoms with Gasteiger partial charge in [-0.15, -0.1) is 0 Å². The van der Waals surface area contributed by atoms with Crippen LogP contribution in [0.5, 0.6) is 17.2 Å². The van der Waals surface area contributed by atoms with Crippen LogP contribution in [0.15, 0.2) is 61.2 Å². The molecule has 0 amide bonds. The van der Waals surface area contributed by atoms with Crippen LogP contribution in [0.2, 0.25) is 0 Å². The zero-order valence-corrected chi connectivity index (χ0v) is 22.1. The number of rotatable bonds is 7. The third-order valence-corrected chi connectivity index (χ3v) is 6.09. The molecule has 0 aliphatic heterocycles. The van der Waals surface area contributed by atoms with Crippen LogP contribution in [-0.4, -0.2) is 52.6 Å². The highest BCUT2D eigenvalue weighted by Crippen LogP contribution is 2.40. The molecule has 0 bridgehead atoms. The third-order valence-electron chi connectivity index (χ3n) is 6.09. The summed E-state index contributed by atoms with van der Waals surface area (Å²) in [6, 6.07) is 9.70. The molecule has 3 heterocycles. The minimum atomic E-state index is -0.909. The zero-order valence-electron chi connectivity index (χ0n) is 22.1. The highest BCUT2D eigenvalue weighted by molar-refractivity contribution is 5.83. The Morgan fingerprint density at radius 3 is 2.33 bits per heavy atom. The number of aromatic nitrogens is 5. The second-order valence-electron chi connectivity index (χ2n) is 8.53. The van der Waals surface area contributed by atoms with Gasteiger partial charge in [-0.2, -0.15) is 5.10 Å². The minimum absolute atomic E-state index is 0.120. The van der Waals surface area contributed by atoms with Gasteiger partial charge < -0.3 is 19.1 Å². The Labute approximate surface area is 229 Å². The van der Waals surface area contributed by atoms with E-state index in [0.29, 0.717) is 33.9 Å². The normalized spacial score (nSPS) is 10.7. The predicted octanol–water partition coefficient (Wildman–Crippen LogP) is 4.92. The second kappa shape index (κ2) is 11.2. The smallest absolute Gasteiger partial charge is 0.191 e. The van der Waals surface area contributed by atoms with Gasteiger partial charge in [0.2, 0.25) is 0 Å². The molecule has 5 aromatic rings. The van der Waals surface area contributed by atoms with E-state index in [9.17, 15) is 0 Å². The molecule has 40 heavy (non-hydrogen) atoms. The first-order valence-corrected chi connectivity index (χ1v) is 12.0. The maximum atomic E-state index is 15.7. The first-order chi connectivity index (χ1) is 19.4. The van der Waals surface area contributed by atoms with Crippen molar-refractivity contribution in [1.29, 1.82) is 0 Å². The number of nitrogens with zero attached hydrogens (tertiary/aromatic N) is 6. The van der Waals surface area contributed by atoms with E-state index in [4.69, 9.17) is 19.2 Å². The lowest BCUT2D eigenvalue weighted by atomic mass is 10.1. The summed E-state index contributed by atoms with van der Waals surface area (Å²) in [7, 11) is 5.91. The Morgan fingerprint density at radius 1 is 0.900 bits per heavy atom. The summed E-state index contributed by atoms with van der Waals surface area (Å²) in [6.45, 7) is -0.120. The maximum Gasteiger partial charge on any atom is 0.191 e. The largest absolute Gasteiger partial charge is 0.494 e. The Kier molecular flexibility index (Phi) is 7.41. The number of methoxy groups -OCH3 is 3. The molecule has 0 N–H and O–H groups in total. The molecular weight excluding hydrogens is 518 g/mol. The molecule has 202 valence electrons. The summed E-state index contributed by atoms with van der Waals surface area (Å²) in [4.78, 5) is 14.8. The van der Waals surface area contributed by atoms with Crippen LogP contribution in [0.1, 0.15) is 5.69 Å². The van der Waals surface area contributed by atoms with Crippen LogP contribution in [0.25, 0.3) is 22.3 Å². The molecule has 0 spiro atoms. The lowest BCUT2D eigenvalue weighted by Crippen LogP contribution is -2.21. The van der Waals surface area contributed by atoms with E-state index >= 15 is 8.78 Å². The highest BCUT2D eigenvalue weighted by atomic mass is 19.1. The fraction of sp³-hybridized carbons (Fsp3) is 0.172. The summed E-state index contributed by atoms with van der Waals surface area (Å²) in [5, 5.41) is 4.19. The van der Waals surface area contributed by atoms with E-state index in [1.54, 1.807) is 60.7 Å². The third kappa shape index (κ3) is 5.07. The molecule has 11 heteroatoms. The lowest BCUT2D eigenvalue weighted by molar-refractivity contribution is 0.359. The Balaban J connectivity index is 1.65. The van der Waals surface area contributed by atoms with Crippen LogP contribution < -0.4 is 19.1 Å². The first kappa shape index (κ1) is 26.4. The van der Waals surface area contributed by atoms with Crippen molar-refractivity contribution in [3.8, 4) is 40.3 Å². The number of pyridine rings is 1. The van der Waals surface area contributed by atoms with Gasteiger partial charge in [0.25, 0.3) is 0 Å². The zero-order chi connectivity index (χ0) is 28.2. The van der Waals surface area contributed by atoms with Crippen molar-refractivity contribution in [2.45, 2.75) is 0 Å². The van der Waals surface area contributed by atoms with Crippen molar-refractivity contribution >= 4 is 22.4 Å². The molecule has 0 unspecified atom stereocenters. The molecule has 3 aromatic heterocycles. The summed E-state index contributed by atoms with van der Waals surface area (Å²) < 4.78 is 48.7. The van der Waals surface area contributed by atoms with E-state index < -0.39 is 17.3 Å². The molecule has 0 saturated carbocycles. The van der Waals surface area contributed by atoms with Crippen LogP contribution >= 0.6 is 0 Å². The Morgan fingerprint density at radius 2 is 1.65 bits per heavy atom. The van der Waals surface area contributed by atoms with E-state index in [-0.39, 0.29) is 18.0 Å². The molecular formula is C29H24F2N6O3. The van der Waals surface area contributed by atoms with Crippen LogP contribution in [0.3, 0.4) is 0 Å². The van der Waals surface area contributed by atoms with Crippen LogP contribution in [0, 0.1) is 23.5 Å². The number of fused-ring (bicyclic) bond motifs is 1. The van der Waals surface area contributed by atoms with Gasteiger partial charge in [-0.1, -0.05) is 5.92 Å². The van der Waals surface area contributed by atoms with Crippen molar-refractivity contribution < 1.29 is 23.0 Å². The quantitative estimate of drug-likeness (QED) is 0.268. The number of halogens is 2. The van der Waals surface area contributed by atoms with Crippen molar-refractivity contribution in [1.82, 2.24) is 24.7 Å². The minimum Gasteiger partial charge on any atom is -0.494 e. The number of aryl methyl sites for hydroxylation is 1. The topological polar surface area (TPSA) is 87.4 Å². The summed E-state index contributed by atoms with van der Waals surface area (Å²) in [6.07, 6.45) is 6.73. The van der Waals surface area contributed by atoms with Gasteiger partial charge in [0.1, 0.15) is 5.69 Å². The number of anilines is 2. The van der Waals surface area contributed by atoms with Crippen LogP contribution in [0.4, 0.5) is 20.2 Å². The van der Waals surface area contributed by atoms with E-state index in [1.807, 2.05) is 6.20 Å². The summed E-state index contributed by atoms with van der Waals surface area (Å²) >= 11 is 0. The molecule has 0 aliphatic rings. The van der Waals surface area contributed by atoms with Gasteiger partial charge >= 0.3 is 0 Å². The SMILES string of the molecule is COc1cccnc1C#CCN(c1ccc2ncc(-c3cnn(C)c3)nc2c1)c1c(F)c(OC)cc(OC)c1F. The number of benzene rings is 2. The summed E-state index contributed by atoms with van der Waals surface area (Å²) in [5.41, 5.74) is 2.91. The van der Waals surface area contributed by atoms with Crippen LogP contribution in [-0.2, 0) is 7.05 Å². The van der Waals surface area contributed by atoms with Gasteiger partial charge in [0.05, 0.1) is 57.0 Å². The number of ether oxygens (including phenoxy) is 3. The molecule has 0 radical (unpaired) electrons. The van der Waals surface area contributed by atoms with Gasteiger partial charge in [0, 0.05) is 36.8 Å². The van der Waals surface area contributed by atoms with Crippen molar-refractivity contribution in [3.63, 3.8) is 0 Å². The van der Waals surface area contributed by atoms with Crippen molar-refractivity contribution in [3.05, 3.63) is 78.5 Å². The van der Waals surface area contributed by atoms with E-state index in [0.717, 1.165) is 11.6 Å². The van der Waals surface area contributed by atoms with Gasteiger partial charge in [0.15, 0.2) is 34.6 Å². The van der Waals surface area contributed by atoms with E-state index in [1.165, 1.54) is 26.2 Å². The molecule has 2 aromatic carbocycles. The Bertz CT molecular complexity index is 1730.